The molecule has 0 unspecified atom stereocenters. The zero-order valence-electron chi connectivity index (χ0n) is 11.3. The van der Waals surface area contributed by atoms with Crippen LogP contribution in [0.2, 0.25) is 0 Å². The lowest BCUT2D eigenvalue weighted by Crippen LogP contribution is -2.02. The molecule has 106 valence electrons. The van der Waals surface area contributed by atoms with Crippen molar-refractivity contribution in [1.82, 2.24) is 0 Å². The topological polar surface area (TPSA) is 79.0 Å². The van der Waals surface area contributed by atoms with Gasteiger partial charge >= 0.3 is 0 Å². The van der Waals surface area contributed by atoms with Crippen LogP contribution >= 0.6 is 0 Å². The number of anilines is 1. The van der Waals surface area contributed by atoms with Gasteiger partial charge in [0.05, 0.1) is 10.5 Å². The number of halogens is 1. The summed E-state index contributed by atoms with van der Waals surface area (Å²) >= 11 is 0. The van der Waals surface area contributed by atoms with E-state index in [4.69, 9.17) is 5.26 Å². The zero-order valence-corrected chi connectivity index (χ0v) is 11.3. The number of hydrogen-bond donors (Lipinski definition) is 1. The van der Waals surface area contributed by atoms with Gasteiger partial charge in [-0.2, -0.15) is 5.26 Å². The molecular formula is C15H12FN3O2. The molecule has 2 aromatic carbocycles. The number of aryl methyl sites for hydroxylation is 1. The van der Waals surface area contributed by atoms with Crippen LogP contribution in [0.3, 0.4) is 0 Å². The second-order valence-corrected chi connectivity index (χ2v) is 4.54. The maximum Gasteiger partial charge on any atom is 0.271 e. The van der Waals surface area contributed by atoms with Crippen LogP contribution in [0.4, 0.5) is 15.8 Å². The SMILES string of the molecule is Cc1ccc([N+](=O)[O-])cc1NCc1ccc(F)c(C#N)c1. The van der Waals surface area contributed by atoms with E-state index in [0.717, 1.165) is 11.1 Å². The van der Waals surface area contributed by atoms with Crippen LogP contribution in [0.25, 0.3) is 0 Å². The summed E-state index contributed by atoms with van der Waals surface area (Å²) < 4.78 is 13.2. The van der Waals surface area contributed by atoms with Gasteiger partial charge in [0, 0.05) is 24.4 Å². The van der Waals surface area contributed by atoms with Crippen LogP contribution in [0, 0.1) is 34.2 Å². The molecule has 2 aromatic rings. The maximum atomic E-state index is 13.2. The third kappa shape index (κ3) is 3.34. The van der Waals surface area contributed by atoms with E-state index in [0.29, 0.717) is 12.2 Å². The number of non-ortho nitro benzene ring substituents is 1. The van der Waals surface area contributed by atoms with Gasteiger partial charge < -0.3 is 5.32 Å². The first-order valence-corrected chi connectivity index (χ1v) is 6.18. The summed E-state index contributed by atoms with van der Waals surface area (Å²) in [5.41, 5.74) is 2.19. The Morgan fingerprint density at radius 2 is 2.10 bits per heavy atom. The standard InChI is InChI=1S/C15H12FN3O2/c1-10-2-4-13(19(20)21)7-15(10)18-9-11-3-5-14(16)12(6-11)8-17/h2-7,18H,9H2,1H3. The third-order valence-corrected chi connectivity index (χ3v) is 3.07. The highest BCUT2D eigenvalue weighted by atomic mass is 19.1. The van der Waals surface area contributed by atoms with Gasteiger partial charge in [0.1, 0.15) is 11.9 Å². The van der Waals surface area contributed by atoms with Crippen LogP contribution in [0.15, 0.2) is 36.4 Å². The Morgan fingerprint density at radius 1 is 1.33 bits per heavy atom. The van der Waals surface area contributed by atoms with Crippen molar-refractivity contribution >= 4 is 11.4 Å². The molecule has 0 aliphatic rings. The van der Waals surface area contributed by atoms with E-state index in [2.05, 4.69) is 5.32 Å². The molecule has 0 amide bonds. The van der Waals surface area contributed by atoms with Crippen molar-refractivity contribution in [3.05, 3.63) is 69.0 Å². The highest BCUT2D eigenvalue weighted by molar-refractivity contribution is 5.57. The fourth-order valence-electron chi connectivity index (χ4n) is 1.88. The van der Waals surface area contributed by atoms with Crippen molar-refractivity contribution in [3.63, 3.8) is 0 Å². The highest BCUT2D eigenvalue weighted by Gasteiger charge is 2.09. The second-order valence-electron chi connectivity index (χ2n) is 4.54. The average Bonchev–Trinajstić information content (AvgIpc) is 2.47. The Hall–Kier alpha value is -2.94. The molecule has 0 aliphatic heterocycles. The van der Waals surface area contributed by atoms with Gasteiger partial charge in [0.25, 0.3) is 5.69 Å². The van der Waals surface area contributed by atoms with E-state index in [1.165, 1.54) is 24.3 Å². The molecular weight excluding hydrogens is 273 g/mol. The van der Waals surface area contributed by atoms with E-state index < -0.39 is 10.7 Å². The molecule has 0 bridgehead atoms. The molecule has 0 spiro atoms. The number of rotatable bonds is 4. The molecule has 21 heavy (non-hydrogen) atoms. The van der Waals surface area contributed by atoms with Crippen molar-refractivity contribution in [2.24, 2.45) is 0 Å². The summed E-state index contributed by atoms with van der Waals surface area (Å²) in [7, 11) is 0. The van der Waals surface area contributed by atoms with Crippen molar-refractivity contribution in [2.75, 3.05) is 5.32 Å². The number of benzene rings is 2. The Labute approximate surface area is 120 Å². The van der Waals surface area contributed by atoms with E-state index >= 15 is 0 Å². The summed E-state index contributed by atoms with van der Waals surface area (Å²) in [5.74, 6) is -0.562. The van der Waals surface area contributed by atoms with Crippen LogP contribution in [0.5, 0.6) is 0 Å². The molecule has 6 heteroatoms. The fourth-order valence-corrected chi connectivity index (χ4v) is 1.88. The molecule has 5 nitrogen and oxygen atoms in total. The molecule has 0 aliphatic carbocycles. The summed E-state index contributed by atoms with van der Waals surface area (Å²) in [6, 6.07) is 10.6. The van der Waals surface area contributed by atoms with E-state index in [1.54, 1.807) is 18.2 Å². The molecule has 0 atom stereocenters. The van der Waals surface area contributed by atoms with Gasteiger partial charge in [0.2, 0.25) is 0 Å². The quantitative estimate of drug-likeness (QED) is 0.688. The van der Waals surface area contributed by atoms with Gasteiger partial charge in [-0.05, 0) is 30.2 Å². The number of nitrogens with zero attached hydrogens (tertiary/aromatic N) is 2. The zero-order chi connectivity index (χ0) is 15.4. The summed E-state index contributed by atoms with van der Waals surface area (Å²) in [5, 5.41) is 22.6. The molecule has 1 N–H and O–H groups in total. The molecule has 0 aromatic heterocycles. The summed E-state index contributed by atoms with van der Waals surface area (Å²) in [6.07, 6.45) is 0. The van der Waals surface area contributed by atoms with Gasteiger partial charge in [-0.25, -0.2) is 4.39 Å². The fraction of sp³-hybridized carbons (Fsp3) is 0.133. The van der Waals surface area contributed by atoms with Crippen LogP contribution in [-0.4, -0.2) is 4.92 Å². The molecule has 0 saturated carbocycles. The lowest BCUT2D eigenvalue weighted by Gasteiger charge is -2.10. The smallest absolute Gasteiger partial charge is 0.271 e. The minimum Gasteiger partial charge on any atom is -0.381 e. The highest BCUT2D eigenvalue weighted by Crippen LogP contribution is 2.22. The largest absolute Gasteiger partial charge is 0.381 e. The average molecular weight is 285 g/mol. The monoisotopic (exact) mass is 285 g/mol. The summed E-state index contributed by atoms with van der Waals surface area (Å²) in [6.45, 7) is 2.17. The van der Waals surface area contributed by atoms with Crippen molar-refractivity contribution in [3.8, 4) is 6.07 Å². The predicted molar refractivity (Wildman–Crippen MR) is 76.3 cm³/mol. The molecule has 0 radical (unpaired) electrons. The van der Waals surface area contributed by atoms with Crippen molar-refractivity contribution in [2.45, 2.75) is 13.5 Å². The van der Waals surface area contributed by atoms with Crippen LogP contribution in [-0.2, 0) is 6.54 Å². The molecule has 0 saturated heterocycles. The first kappa shape index (κ1) is 14.5. The third-order valence-electron chi connectivity index (χ3n) is 3.07. The van der Waals surface area contributed by atoms with E-state index in [-0.39, 0.29) is 11.3 Å². The lowest BCUT2D eigenvalue weighted by atomic mass is 10.1. The number of nitro benzene ring substituents is 1. The first-order chi connectivity index (χ1) is 10.0. The Morgan fingerprint density at radius 3 is 2.76 bits per heavy atom. The Kier molecular flexibility index (Phi) is 4.14. The Bertz CT molecular complexity index is 738. The molecule has 0 heterocycles. The number of nitrogens with one attached hydrogen (secondary N) is 1. The lowest BCUT2D eigenvalue weighted by molar-refractivity contribution is -0.384. The van der Waals surface area contributed by atoms with Crippen LogP contribution < -0.4 is 5.32 Å². The van der Waals surface area contributed by atoms with Gasteiger partial charge in [0.15, 0.2) is 0 Å². The Balaban J connectivity index is 2.18. The van der Waals surface area contributed by atoms with E-state index in [9.17, 15) is 14.5 Å². The number of nitriles is 1. The minimum atomic E-state index is -0.562. The van der Waals surface area contributed by atoms with E-state index in [1.807, 2.05) is 6.92 Å². The second kappa shape index (κ2) is 6.01. The molecule has 2 rings (SSSR count). The summed E-state index contributed by atoms with van der Waals surface area (Å²) in [4.78, 5) is 10.3. The van der Waals surface area contributed by atoms with Crippen LogP contribution in [0.1, 0.15) is 16.7 Å². The van der Waals surface area contributed by atoms with Gasteiger partial charge in [-0.3, -0.25) is 10.1 Å². The first-order valence-electron chi connectivity index (χ1n) is 6.18. The van der Waals surface area contributed by atoms with Gasteiger partial charge in [-0.15, -0.1) is 0 Å². The number of hydrogen-bond acceptors (Lipinski definition) is 4. The maximum absolute atomic E-state index is 13.2. The van der Waals surface area contributed by atoms with Gasteiger partial charge in [-0.1, -0.05) is 12.1 Å². The normalized spacial score (nSPS) is 9.95. The predicted octanol–water partition coefficient (Wildman–Crippen LogP) is 3.53. The number of nitro groups is 1. The molecule has 0 fully saturated rings. The van der Waals surface area contributed by atoms with Crippen molar-refractivity contribution in [1.29, 1.82) is 5.26 Å². The van der Waals surface area contributed by atoms with Crippen molar-refractivity contribution < 1.29 is 9.31 Å². The minimum absolute atomic E-state index is 0.0000741.